The summed E-state index contributed by atoms with van der Waals surface area (Å²) in [4.78, 5) is 5.36. The smallest absolute Gasteiger partial charge is 0.194 e. The van der Waals surface area contributed by atoms with Gasteiger partial charge in [-0.15, -0.1) is 0 Å². The summed E-state index contributed by atoms with van der Waals surface area (Å²) in [6.07, 6.45) is 1.83. The molecule has 1 aliphatic rings. The highest BCUT2D eigenvalue weighted by atomic mass is 16.3. The quantitative estimate of drug-likeness (QED) is 0.626. The molecule has 1 aromatic rings. The summed E-state index contributed by atoms with van der Waals surface area (Å²) in [5.41, 5.74) is 2.17. The van der Waals surface area contributed by atoms with Crippen molar-refractivity contribution in [2.24, 2.45) is 4.99 Å². The molecule has 0 radical (unpaired) electrons. The van der Waals surface area contributed by atoms with Gasteiger partial charge in [0.1, 0.15) is 12.2 Å². The van der Waals surface area contributed by atoms with Crippen LogP contribution in [-0.4, -0.2) is 24.6 Å². The molecule has 0 saturated heterocycles. The summed E-state index contributed by atoms with van der Waals surface area (Å²) in [5.74, 6) is 0. The monoisotopic (exact) mass is 163 g/mol. The zero-order valence-corrected chi connectivity index (χ0v) is 6.70. The summed E-state index contributed by atoms with van der Waals surface area (Å²) >= 11 is 0. The van der Waals surface area contributed by atoms with Gasteiger partial charge in [-0.3, -0.25) is 4.90 Å². The van der Waals surface area contributed by atoms with Crippen molar-refractivity contribution >= 4 is 17.7 Å². The minimum Gasteiger partial charge on any atom is -0.390 e. The number of rotatable bonds is 2. The van der Waals surface area contributed by atoms with Gasteiger partial charge in [-0.2, -0.15) is 4.99 Å². The molecule has 3 heteroatoms. The number of quaternary nitrogens is 1. The van der Waals surface area contributed by atoms with E-state index in [1.807, 2.05) is 30.6 Å². The Morgan fingerprint density at radius 1 is 1.33 bits per heavy atom. The maximum Gasteiger partial charge on any atom is 0.194 e. The lowest BCUT2D eigenvalue weighted by molar-refractivity contribution is -0.721. The molecule has 1 aromatic carbocycles. The van der Waals surface area contributed by atoms with Crippen LogP contribution in [0.5, 0.6) is 0 Å². The van der Waals surface area contributed by atoms with Crippen LogP contribution in [0.4, 0.5) is 11.4 Å². The molecule has 2 N–H and O–H groups in total. The normalized spacial score (nSPS) is 19.6. The van der Waals surface area contributed by atoms with Crippen LogP contribution in [-0.2, 0) is 0 Å². The van der Waals surface area contributed by atoms with Crippen molar-refractivity contribution in [3.63, 3.8) is 0 Å². The fourth-order valence-electron chi connectivity index (χ4n) is 1.39. The van der Waals surface area contributed by atoms with Crippen molar-refractivity contribution in [1.82, 2.24) is 0 Å². The first-order valence-corrected chi connectivity index (χ1v) is 4.02. The Kier molecular flexibility index (Phi) is 1.89. The summed E-state index contributed by atoms with van der Waals surface area (Å²) in [7, 11) is 0. The fraction of sp³-hybridized carbons (Fsp3) is 0.222. The number of aliphatic imine (C=N–C) groups is 1. The molecule has 0 amide bonds. The second kappa shape index (κ2) is 3.05. The average Bonchev–Trinajstić information content (AvgIpc) is 2.50. The minimum absolute atomic E-state index is 0.190. The zero-order chi connectivity index (χ0) is 8.39. The van der Waals surface area contributed by atoms with Gasteiger partial charge >= 0.3 is 0 Å². The van der Waals surface area contributed by atoms with Gasteiger partial charge < -0.3 is 5.11 Å². The lowest BCUT2D eigenvalue weighted by Crippen LogP contribution is -3.05. The van der Waals surface area contributed by atoms with E-state index < -0.39 is 0 Å². The first-order valence-electron chi connectivity index (χ1n) is 4.02. The summed E-state index contributed by atoms with van der Waals surface area (Å²) in [6.45, 7) is 0.885. The van der Waals surface area contributed by atoms with Crippen LogP contribution in [0.25, 0.3) is 0 Å². The molecule has 0 bridgehead atoms. The van der Waals surface area contributed by atoms with Crippen molar-refractivity contribution in [3.05, 3.63) is 24.3 Å². The SMILES string of the molecule is OCC[NH+]1C=Nc2ccccc21. The molecule has 62 valence electrons. The molecule has 0 aromatic heterocycles. The summed E-state index contributed by atoms with van der Waals surface area (Å²) < 4.78 is 0. The van der Waals surface area contributed by atoms with Crippen molar-refractivity contribution < 1.29 is 10.0 Å². The van der Waals surface area contributed by atoms with Gasteiger partial charge in [-0.25, -0.2) is 0 Å². The second-order valence-corrected chi connectivity index (χ2v) is 2.77. The third kappa shape index (κ3) is 1.13. The maximum atomic E-state index is 8.77. The van der Waals surface area contributed by atoms with Crippen molar-refractivity contribution in [2.45, 2.75) is 0 Å². The van der Waals surface area contributed by atoms with E-state index in [-0.39, 0.29) is 6.61 Å². The van der Waals surface area contributed by atoms with E-state index in [0.717, 1.165) is 16.3 Å². The Morgan fingerprint density at radius 3 is 3.00 bits per heavy atom. The molecule has 0 aliphatic carbocycles. The Labute approximate surface area is 71.0 Å². The van der Waals surface area contributed by atoms with E-state index in [1.165, 1.54) is 0 Å². The van der Waals surface area contributed by atoms with Crippen LogP contribution < -0.4 is 4.90 Å². The molecular weight excluding hydrogens is 152 g/mol. The van der Waals surface area contributed by atoms with Crippen LogP contribution in [0.15, 0.2) is 29.3 Å². The van der Waals surface area contributed by atoms with E-state index in [4.69, 9.17) is 5.11 Å². The molecule has 1 heterocycles. The Hall–Kier alpha value is -1.19. The first-order chi connectivity index (χ1) is 5.92. The van der Waals surface area contributed by atoms with Gasteiger partial charge in [0.2, 0.25) is 0 Å². The number of nitrogens with one attached hydrogen (secondary N) is 1. The van der Waals surface area contributed by atoms with Gasteiger partial charge in [-0.05, 0) is 6.07 Å². The third-order valence-electron chi connectivity index (χ3n) is 1.99. The highest BCUT2D eigenvalue weighted by Gasteiger charge is 2.18. The number of para-hydroxylation sites is 2. The van der Waals surface area contributed by atoms with Crippen LogP contribution in [0.1, 0.15) is 0 Å². The van der Waals surface area contributed by atoms with Crippen LogP contribution in [0.3, 0.4) is 0 Å². The highest BCUT2D eigenvalue weighted by molar-refractivity contribution is 5.71. The molecule has 0 spiro atoms. The molecular formula is C9H11N2O+. The van der Waals surface area contributed by atoms with E-state index in [2.05, 4.69) is 4.99 Å². The molecule has 0 fully saturated rings. The zero-order valence-electron chi connectivity index (χ0n) is 6.70. The van der Waals surface area contributed by atoms with Crippen molar-refractivity contribution in [1.29, 1.82) is 0 Å². The van der Waals surface area contributed by atoms with E-state index in [0.29, 0.717) is 6.54 Å². The van der Waals surface area contributed by atoms with E-state index in [9.17, 15) is 0 Å². The molecule has 0 saturated carbocycles. The number of aliphatic hydroxyl groups excluding tert-OH is 1. The first kappa shape index (κ1) is 7.46. The van der Waals surface area contributed by atoms with Gasteiger partial charge in [0.15, 0.2) is 12.0 Å². The van der Waals surface area contributed by atoms with Crippen LogP contribution >= 0.6 is 0 Å². The van der Waals surface area contributed by atoms with Crippen molar-refractivity contribution in [3.8, 4) is 0 Å². The predicted molar refractivity (Wildman–Crippen MR) is 47.2 cm³/mol. The lowest BCUT2D eigenvalue weighted by atomic mass is 10.2. The minimum atomic E-state index is 0.190. The molecule has 3 nitrogen and oxygen atoms in total. The maximum absolute atomic E-state index is 8.77. The molecule has 1 aliphatic heterocycles. The fourth-order valence-corrected chi connectivity index (χ4v) is 1.39. The Morgan fingerprint density at radius 2 is 2.17 bits per heavy atom. The Bertz CT molecular complexity index is 309. The summed E-state index contributed by atoms with van der Waals surface area (Å²) in [5, 5.41) is 8.77. The number of hydrogen-bond donors (Lipinski definition) is 2. The summed E-state index contributed by atoms with van der Waals surface area (Å²) in [6, 6.07) is 7.98. The number of benzene rings is 1. The van der Waals surface area contributed by atoms with Gasteiger partial charge in [-0.1, -0.05) is 12.1 Å². The molecule has 2 rings (SSSR count). The lowest BCUT2D eigenvalue weighted by Gasteiger charge is -2.06. The van der Waals surface area contributed by atoms with Crippen LogP contribution in [0.2, 0.25) is 0 Å². The predicted octanol–water partition coefficient (Wildman–Crippen LogP) is -0.131. The van der Waals surface area contributed by atoms with E-state index in [1.54, 1.807) is 0 Å². The van der Waals surface area contributed by atoms with Gasteiger partial charge in [0.05, 0.1) is 6.61 Å². The van der Waals surface area contributed by atoms with Gasteiger partial charge in [0, 0.05) is 6.07 Å². The van der Waals surface area contributed by atoms with Crippen LogP contribution in [0, 0.1) is 0 Å². The Balaban J connectivity index is 2.30. The number of nitrogens with zero attached hydrogens (tertiary/aromatic N) is 1. The van der Waals surface area contributed by atoms with Gasteiger partial charge in [0.25, 0.3) is 0 Å². The molecule has 1 atom stereocenters. The highest BCUT2D eigenvalue weighted by Crippen LogP contribution is 2.22. The second-order valence-electron chi connectivity index (χ2n) is 2.77. The average molecular weight is 163 g/mol. The topological polar surface area (TPSA) is 37.0 Å². The number of aliphatic hydroxyl groups is 1. The molecule has 12 heavy (non-hydrogen) atoms. The number of fused-ring (bicyclic) bond motifs is 1. The third-order valence-corrected chi connectivity index (χ3v) is 1.99. The number of hydrogen-bond acceptors (Lipinski definition) is 2. The standard InChI is InChI=1S/C9H10N2O/c12-6-5-11-7-10-8-3-1-2-4-9(8)11/h1-4,7,12H,5-6H2/p+1. The van der Waals surface area contributed by atoms with E-state index >= 15 is 0 Å². The van der Waals surface area contributed by atoms with Crippen molar-refractivity contribution in [2.75, 3.05) is 13.2 Å². The largest absolute Gasteiger partial charge is 0.390 e. The molecule has 1 unspecified atom stereocenters.